The van der Waals surface area contributed by atoms with E-state index < -0.39 is 23.4 Å². The lowest BCUT2D eigenvalue weighted by atomic mass is 9.82. The Bertz CT molecular complexity index is 1610. The summed E-state index contributed by atoms with van der Waals surface area (Å²) in [6.45, 7) is 10.2. The Morgan fingerprint density at radius 3 is 2.03 bits per heavy atom. The van der Waals surface area contributed by atoms with Crippen LogP contribution in [0.15, 0.2) is 58.9 Å². The standard InChI is InChI=1S/C31H34N2O5S/c1-7-38-31(36)26-24(22-14-12-21(13-15-22)18(4)5)25(30(35)37-6)27(32)33-28(34)23(39-29(26)33)16-19-8-10-20(11-9-19)17(2)3/h8-18,24H,7,32H2,1-6H3/b23-16+/t24-/m0/s1. The van der Waals surface area contributed by atoms with Crippen LogP contribution in [0.5, 0.6) is 0 Å². The van der Waals surface area contributed by atoms with Gasteiger partial charge in [0.15, 0.2) is 0 Å². The van der Waals surface area contributed by atoms with Crippen molar-refractivity contribution in [2.75, 3.05) is 13.7 Å². The third-order valence-electron chi connectivity index (χ3n) is 6.89. The summed E-state index contributed by atoms with van der Waals surface area (Å²) in [6.07, 6.45) is 1.77. The summed E-state index contributed by atoms with van der Waals surface area (Å²) < 4.78 is 12.5. The molecule has 2 N–H and O–H groups in total. The van der Waals surface area contributed by atoms with E-state index in [0.717, 1.165) is 22.5 Å². The first kappa shape index (κ1) is 28.1. The molecule has 7 nitrogen and oxygen atoms in total. The van der Waals surface area contributed by atoms with Gasteiger partial charge in [-0.05, 0) is 47.1 Å². The van der Waals surface area contributed by atoms with Crippen molar-refractivity contribution in [2.45, 2.75) is 52.4 Å². The molecule has 0 saturated carbocycles. The Morgan fingerprint density at radius 1 is 0.949 bits per heavy atom. The number of hydrogen-bond donors (Lipinski definition) is 1. The smallest absolute Gasteiger partial charge is 0.338 e. The summed E-state index contributed by atoms with van der Waals surface area (Å²) in [5, 5.41) is 0. The number of ether oxygens (including phenoxy) is 2. The molecule has 0 amide bonds. The zero-order valence-corrected chi connectivity index (χ0v) is 23.9. The predicted molar refractivity (Wildman–Crippen MR) is 155 cm³/mol. The average Bonchev–Trinajstić information content (AvgIpc) is 3.24. The van der Waals surface area contributed by atoms with E-state index >= 15 is 0 Å². The van der Waals surface area contributed by atoms with Crippen molar-refractivity contribution in [3.8, 4) is 0 Å². The van der Waals surface area contributed by atoms with E-state index in [2.05, 4.69) is 27.7 Å². The van der Waals surface area contributed by atoms with Gasteiger partial charge in [-0.15, -0.1) is 11.3 Å². The van der Waals surface area contributed by atoms with Gasteiger partial charge < -0.3 is 15.2 Å². The molecule has 0 unspecified atom stereocenters. The Morgan fingerprint density at radius 2 is 1.51 bits per heavy atom. The fourth-order valence-corrected chi connectivity index (χ4v) is 5.86. The number of carbonyl (C=O) groups excluding carboxylic acids is 2. The van der Waals surface area contributed by atoms with Crippen LogP contribution in [0.25, 0.3) is 17.5 Å². The van der Waals surface area contributed by atoms with Gasteiger partial charge in [0.1, 0.15) is 10.5 Å². The summed E-state index contributed by atoms with van der Waals surface area (Å²) in [6, 6.07) is 15.6. The molecule has 39 heavy (non-hydrogen) atoms. The largest absolute Gasteiger partial charge is 0.466 e. The van der Waals surface area contributed by atoms with Crippen LogP contribution in [-0.2, 0) is 19.1 Å². The van der Waals surface area contributed by atoms with Crippen LogP contribution in [0.2, 0.25) is 0 Å². The highest BCUT2D eigenvalue weighted by Crippen LogP contribution is 2.38. The molecule has 204 valence electrons. The number of nitrogens with zero attached hydrogens (tertiary/aromatic N) is 1. The number of hydrogen-bond acceptors (Lipinski definition) is 7. The Balaban J connectivity index is 2.04. The number of aromatic nitrogens is 1. The molecule has 3 aromatic rings. The molecule has 1 atom stereocenters. The third-order valence-corrected chi connectivity index (χ3v) is 7.99. The lowest BCUT2D eigenvalue weighted by Crippen LogP contribution is -2.41. The van der Waals surface area contributed by atoms with Gasteiger partial charge in [-0.3, -0.25) is 9.36 Å². The Kier molecular flexibility index (Phi) is 8.25. The molecule has 2 aromatic carbocycles. The zero-order chi connectivity index (χ0) is 28.4. The summed E-state index contributed by atoms with van der Waals surface area (Å²) in [4.78, 5) is 40.3. The van der Waals surface area contributed by atoms with E-state index in [1.807, 2.05) is 48.5 Å². The summed E-state index contributed by atoms with van der Waals surface area (Å²) in [7, 11) is 1.25. The number of rotatable bonds is 7. The van der Waals surface area contributed by atoms with Gasteiger partial charge in [0.05, 0.1) is 35.3 Å². The van der Waals surface area contributed by atoms with Gasteiger partial charge in [0.2, 0.25) is 0 Å². The average molecular weight is 547 g/mol. The maximum absolute atomic E-state index is 13.7. The minimum absolute atomic E-state index is 0.0260. The molecule has 0 aliphatic carbocycles. The number of carbonyl (C=O) groups is 2. The van der Waals surface area contributed by atoms with E-state index in [0.29, 0.717) is 26.6 Å². The van der Waals surface area contributed by atoms with Gasteiger partial charge >= 0.3 is 11.9 Å². The number of fused-ring (bicyclic) bond motifs is 1. The van der Waals surface area contributed by atoms with Crippen LogP contribution in [0, 0.1) is 0 Å². The number of methoxy groups -OCH3 is 1. The molecular formula is C31H34N2O5S. The molecular weight excluding hydrogens is 512 g/mol. The van der Waals surface area contributed by atoms with Gasteiger partial charge in [0.25, 0.3) is 5.56 Å². The normalized spacial score (nSPS) is 15.6. The second-order valence-corrected chi connectivity index (χ2v) is 11.1. The minimum atomic E-state index is -0.867. The summed E-state index contributed by atoms with van der Waals surface area (Å²) in [5.74, 6) is -1.57. The molecule has 4 rings (SSSR count). The van der Waals surface area contributed by atoms with E-state index in [4.69, 9.17) is 15.2 Å². The maximum Gasteiger partial charge on any atom is 0.338 e. The van der Waals surface area contributed by atoms with Gasteiger partial charge in [-0.1, -0.05) is 76.2 Å². The minimum Gasteiger partial charge on any atom is -0.466 e. The first-order chi connectivity index (χ1) is 18.6. The first-order valence-corrected chi connectivity index (χ1v) is 13.8. The van der Waals surface area contributed by atoms with Crippen LogP contribution in [0.3, 0.4) is 0 Å². The van der Waals surface area contributed by atoms with Crippen molar-refractivity contribution in [1.29, 1.82) is 0 Å². The highest BCUT2D eigenvalue weighted by atomic mass is 32.1. The highest BCUT2D eigenvalue weighted by molar-refractivity contribution is 7.07. The predicted octanol–water partition coefficient (Wildman–Crippen LogP) is 3.80. The van der Waals surface area contributed by atoms with E-state index in [-0.39, 0.29) is 23.6 Å². The molecule has 8 heteroatoms. The molecule has 0 saturated heterocycles. The number of esters is 2. The van der Waals surface area contributed by atoms with Gasteiger partial charge in [0, 0.05) is 0 Å². The lowest BCUT2D eigenvalue weighted by molar-refractivity contribution is -0.136. The molecule has 2 heterocycles. The molecule has 1 aliphatic rings. The van der Waals surface area contributed by atoms with Crippen molar-refractivity contribution >= 4 is 40.7 Å². The van der Waals surface area contributed by atoms with Crippen molar-refractivity contribution in [2.24, 2.45) is 5.73 Å². The van der Waals surface area contributed by atoms with Crippen molar-refractivity contribution in [3.05, 3.63) is 95.9 Å². The molecule has 0 spiro atoms. The topological polar surface area (TPSA) is 101 Å². The summed E-state index contributed by atoms with van der Waals surface area (Å²) in [5.41, 5.74) is 10.1. The summed E-state index contributed by atoms with van der Waals surface area (Å²) >= 11 is 1.15. The molecule has 0 radical (unpaired) electrons. The van der Waals surface area contributed by atoms with Crippen molar-refractivity contribution in [3.63, 3.8) is 0 Å². The molecule has 1 aromatic heterocycles. The third kappa shape index (κ3) is 5.34. The fourth-order valence-electron chi connectivity index (χ4n) is 4.70. The first-order valence-electron chi connectivity index (χ1n) is 13.0. The Hall–Kier alpha value is -3.91. The van der Waals surface area contributed by atoms with Crippen LogP contribution < -0.4 is 20.5 Å². The second-order valence-electron chi connectivity index (χ2n) is 10.1. The van der Waals surface area contributed by atoms with Crippen molar-refractivity contribution < 1.29 is 19.1 Å². The highest BCUT2D eigenvalue weighted by Gasteiger charge is 2.39. The van der Waals surface area contributed by atoms with E-state index in [9.17, 15) is 14.4 Å². The molecule has 1 aliphatic heterocycles. The SMILES string of the molecule is CCOC(=O)C1=c2s/c(=C/c3ccc(C(C)C)cc3)c(=O)n2C(N)=C(C(=O)OC)[C@@H]1c1ccc(C(C)C)cc1. The zero-order valence-electron chi connectivity index (χ0n) is 23.1. The molecule has 0 bridgehead atoms. The number of thiazole rings is 1. The van der Waals surface area contributed by atoms with Crippen LogP contribution >= 0.6 is 11.3 Å². The Labute approximate surface area is 231 Å². The molecule has 0 fully saturated rings. The van der Waals surface area contributed by atoms with Crippen LogP contribution in [0.4, 0.5) is 0 Å². The van der Waals surface area contributed by atoms with Crippen molar-refractivity contribution in [1.82, 2.24) is 4.57 Å². The van der Waals surface area contributed by atoms with Crippen LogP contribution in [-0.4, -0.2) is 30.2 Å². The fraction of sp³-hybridized carbons (Fsp3) is 0.323. The quantitative estimate of drug-likeness (QED) is 0.453. The van der Waals surface area contributed by atoms with Gasteiger partial charge in [-0.25, -0.2) is 9.59 Å². The maximum atomic E-state index is 13.7. The number of nitrogens with two attached hydrogens (primary N) is 1. The van der Waals surface area contributed by atoms with E-state index in [1.54, 1.807) is 13.0 Å². The monoisotopic (exact) mass is 546 g/mol. The lowest BCUT2D eigenvalue weighted by Gasteiger charge is -2.27. The number of benzene rings is 2. The van der Waals surface area contributed by atoms with E-state index in [1.165, 1.54) is 17.2 Å². The van der Waals surface area contributed by atoms with Gasteiger partial charge in [-0.2, -0.15) is 0 Å². The van der Waals surface area contributed by atoms with Crippen LogP contribution in [0.1, 0.15) is 74.6 Å². The second kappa shape index (κ2) is 11.5.